The summed E-state index contributed by atoms with van der Waals surface area (Å²) >= 11 is 0. The van der Waals surface area contributed by atoms with E-state index in [0.717, 1.165) is 4.90 Å². The average Bonchev–Trinajstić information content (AvgIpc) is 3.99. The number of fused-ring (bicyclic) bond motifs is 3. The minimum absolute atomic E-state index is 0.0166. The number of pyridine rings is 1. The van der Waals surface area contributed by atoms with E-state index in [2.05, 4.69) is 20.3 Å². The lowest BCUT2D eigenvalue weighted by molar-refractivity contribution is -0.169. The van der Waals surface area contributed by atoms with Crippen LogP contribution in [0, 0.1) is 11.7 Å². The van der Waals surface area contributed by atoms with E-state index in [1.807, 2.05) is 12.2 Å². The molecular weight excluding hydrogens is 701 g/mol. The molecule has 0 unspecified atom stereocenters. The summed E-state index contributed by atoms with van der Waals surface area (Å²) in [5.74, 6) is -3.24. The van der Waals surface area contributed by atoms with Gasteiger partial charge in [-0.1, -0.05) is 19.1 Å². The lowest BCUT2D eigenvalue weighted by Gasteiger charge is -2.41. The molecule has 4 N–H and O–H groups in total. The number of ether oxygens (including phenoxy) is 3. The monoisotopic (exact) mass is 745 g/mol. The highest BCUT2D eigenvalue weighted by Crippen LogP contribution is 2.43. The Labute approximate surface area is 300 Å². The third-order valence-corrected chi connectivity index (χ3v) is 12.7. The zero-order chi connectivity index (χ0) is 37.6. The van der Waals surface area contributed by atoms with E-state index in [0.29, 0.717) is 42.9 Å². The number of carbonyl (C=O) groups is 4. The summed E-state index contributed by atoms with van der Waals surface area (Å²) in [7, 11) is -2.91. The predicted molar refractivity (Wildman–Crippen MR) is 184 cm³/mol. The number of aromatic nitrogens is 1. The Morgan fingerprint density at radius 1 is 1.23 bits per heavy atom. The van der Waals surface area contributed by atoms with Crippen LogP contribution in [0.4, 0.5) is 9.18 Å². The fourth-order valence-electron chi connectivity index (χ4n) is 6.97. The van der Waals surface area contributed by atoms with E-state index in [4.69, 9.17) is 14.2 Å². The smallest absolute Gasteiger partial charge is 0.405 e. The molecule has 2 aliphatic carbocycles. The number of benzene rings is 1. The lowest BCUT2D eigenvalue weighted by atomic mass is 9.88. The third-order valence-electron chi connectivity index (χ3n) is 10.5. The van der Waals surface area contributed by atoms with E-state index >= 15 is 0 Å². The van der Waals surface area contributed by atoms with Gasteiger partial charge in [-0.25, -0.2) is 22.6 Å². The van der Waals surface area contributed by atoms with Crippen molar-refractivity contribution in [1.29, 1.82) is 0 Å². The minimum atomic E-state index is -4.25. The standard InChI is InChI=1S/C35H44FN5O10S/c1-5-35(32(44)40-52(47,48)34(3)11-12-34)28(39-33(45)46)31(43)41-18-22(50-30-23-17-24(36)27(49-4)15-20(23)10-13-37-30)16-26(41)29(42)38-25-14-21(25)9-7-6-8-19(2)51-35/h7,9-10,13,15,17,19,21-22,25-26,28,39H,5-6,8,11-12,14,16,18H2,1-4H3,(H,38,42)(H,40,44)(H,45,46)/b9-7-/t19-,21-,22-,25-,26+,28-,35+/m1/s1. The summed E-state index contributed by atoms with van der Waals surface area (Å²) in [5.41, 5.74) is -2.35. The Hall–Kier alpha value is -4.51. The molecule has 6 rings (SSSR count). The van der Waals surface area contributed by atoms with E-state index in [9.17, 15) is 37.1 Å². The van der Waals surface area contributed by atoms with Crippen molar-refractivity contribution in [2.45, 2.75) is 106 Å². The van der Waals surface area contributed by atoms with Crippen LogP contribution < -0.4 is 24.8 Å². The van der Waals surface area contributed by atoms with Crippen LogP contribution in [0.2, 0.25) is 0 Å². The largest absolute Gasteiger partial charge is 0.494 e. The number of carboxylic acid groups (broad SMARTS) is 1. The predicted octanol–water partition coefficient (Wildman–Crippen LogP) is 2.77. The first-order chi connectivity index (χ1) is 24.6. The van der Waals surface area contributed by atoms with Crippen LogP contribution in [0.5, 0.6) is 11.6 Å². The highest BCUT2D eigenvalue weighted by Gasteiger charge is 2.58. The second-order valence-corrected chi connectivity index (χ2v) is 16.5. The first-order valence-electron chi connectivity index (χ1n) is 17.4. The van der Waals surface area contributed by atoms with Gasteiger partial charge in [0.15, 0.2) is 17.2 Å². The molecule has 0 radical (unpaired) electrons. The van der Waals surface area contributed by atoms with Crippen molar-refractivity contribution in [3.05, 3.63) is 42.4 Å². The van der Waals surface area contributed by atoms with Crippen molar-refractivity contribution in [1.82, 2.24) is 25.2 Å². The second kappa shape index (κ2) is 14.1. The Kier molecular flexibility index (Phi) is 10.1. The number of allylic oxidation sites excluding steroid dienone is 1. The molecule has 282 valence electrons. The van der Waals surface area contributed by atoms with Gasteiger partial charge < -0.3 is 34.9 Å². The van der Waals surface area contributed by atoms with Gasteiger partial charge in [0.1, 0.15) is 18.2 Å². The number of hydrogen-bond acceptors (Lipinski definition) is 10. The average molecular weight is 746 g/mol. The van der Waals surface area contributed by atoms with E-state index in [1.54, 1.807) is 13.0 Å². The Bertz CT molecular complexity index is 1910. The van der Waals surface area contributed by atoms with Crippen molar-refractivity contribution >= 4 is 44.6 Å². The fraction of sp³-hybridized carbons (Fsp3) is 0.571. The van der Waals surface area contributed by atoms with Gasteiger partial charge in [0, 0.05) is 24.0 Å². The molecule has 7 atom stereocenters. The second-order valence-electron chi connectivity index (χ2n) is 14.3. The molecule has 2 aromatic rings. The van der Waals surface area contributed by atoms with Gasteiger partial charge in [0.2, 0.25) is 27.7 Å². The summed E-state index contributed by atoms with van der Waals surface area (Å²) < 4.78 is 59.9. The Balaban J connectivity index is 1.39. The highest BCUT2D eigenvalue weighted by atomic mass is 32.2. The molecule has 2 saturated carbocycles. The molecule has 1 aromatic heterocycles. The third kappa shape index (κ3) is 7.24. The van der Waals surface area contributed by atoms with Crippen LogP contribution in [0.3, 0.4) is 0 Å². The number of nitrogens with one attached hydrogen (secondary N) is 3. The van der Waals surface area contributed by atoms with Gasteiger partial charge in [-0.05, 0) is 81.9 Å². The van der Waals surface area contributed by atoms with Crippen molar-refractivity contribution in [2.75, 3.05) is 13.7 Å². The van der Waals surface area contributed by atoms with Crippen LogP contribution >= 0.6 is 0 Å². The molecule has 0 bridgehead atoms. The summed E-state index contributed by atoms with van der Waals surface area (Å²) in [6, 6.07) is 0.973. The normalized spacial score (nSPS) is 30.8. The summed E-state index contributed by atoms with van der Waals surface area (Å²) in [6.45, 7) is 4.38. The van der Waals surface area contributed by atoms with Crippen molar-refractivity contribution in [2.24, 2.45) is 5.92 Å². The number of nitrogens with zero attached hydrogens (tertiary/aromatic N) is 2. The summed E-state index contributed by atoms with van der Waals surface area (Å²) in [6.07, 6.45) is 3.89. The molecule has 4 amide bonds. The SMILES string of the molecule is CC[C@]1(C(=O)NS(=O)(=O)C2(C)CC2)O[C@H](C)CC/C=C\[C@@H]2C[C@H]2NC(=O)[C@@H]2C[C@@H](Oc3nccc4cc(OC)c(F)cc34)CN2C(=O)[C@H]1NC(=O)O. The quantitative estimate of drug-likeness (QED) is 0.290. The molecule has 1 saturated heterocycles. The van der Waals surface area contributed by atoms with E-state index in [-0.39, 0.29) is 43.0 Å². The number of methoxy groups -OCH3 is 1. The summed E-state index contributed by atoms with van der Waals surface area (Å²) in [4.78, 5) is 60.7. The van der Waals surface area contributed by atoms with Gasteiger partial charge >= 0.3 is 6.09 Å². The van der Waals surface area contributed by atoms with Gasteiger partial charge in [-0.2, -0.15) is 0 Å². The number of carbonyl (C=O) groups excluding carboxylic acids is 3. The van der Waals surface area contributed by atoms with Crippen LogP contribution in [-0.4, -0.2) is 102 Å². The molecule has 52 heavy (non-hydrogen) atoms. The van der Waals surface area contributed by atoms with E-state index < -0.39 is 74.3 Å². The Morgan fingerprint density at radius 2 is 1.98 bits per heavy atom. The maximum absolute atomic E-state index is 14.8. The van der Waals surface area contributed by atoms with Crippen molar-refractivity contribution < 1.29 is 51.3 Å². The van der Waals surface area contributed by atoms with Gasteiger partial charge in [-0.3, -0.25) is 19.1 Å². The van der Waals surface area contributed by atoms with Gasteiger partial charge in [0.25, 0.3) is 5.91 Å². The van der Waals surface area contributed by atoms with Crippen LogP contribution in [0.25, 0.3) is 10.8 Å². The molecule has 4 aliphatic rings. The molecule has 17 heteroatoms. The number of hydrogen-bond donors (Lipinski definition) is 4. The molecular formula is C35H44FN5O10S. The molecule has 2 aliphatic heterocycles. The van der Waals surface area contributed by atoms with Crippen LogP contribution in [0.15, 0.2) is 36.5 Å². The van der Waals surface area contributed by atoms with Crippen molar-refractivity contribution in [3.8, 4) is 11.6 Å². The maximum atomic E-state index is 14.8. The molecule has 0 spiro atoms. The van der Waals surface area contributed by atoms with Crippen molar-refractivity contribution in [3.63, 3.8) is 0 Å². The van der Waals surface area contributed by atoms with Gasteiger partial charge in [-0.15, -0.1) is 0 Å². The van der Waals surface area contributed by atoms with E-state index in [1.165, 1.54) is 39.3 Å². The lowest BCUT2D eigenvalue weighted by Crippen LogP contribution is -2.69. The molecule has 3 heterocycles. The minimum Gasteiger partial charge on any atom is -0.494 e. The highest BCUT2D eigenvalue weighted by molar-refractivity contribution is 7.91. The van der Waals surface area contributed by atoms with Crippen LogP contribution in [-0.2, 0) is 29.1 Å². The Morgan fingerprint density at radius 3 is 2.65 bits per heavy atom. The maximum Gasteiger partial charge on any atom is 0.405 e. The molecule has 3 fully saturated rings. The zero-order valence-electron chi connectivity index (χ0n) is 29.4. The number of halogens is 1. The molecule has 1 aromatic carbocycles. The summed E-state index contributed by atoms with van der Waals surface area (Å²) in [5, 5.41) is 16.0. The first-order valence-corrected chi connectivity index (χ1v) is 18.9. The zero-order valence-corrected chi connectivity index (χ0v) is 30.2. The molecule has 15 nitrogen and oxygen atoms in total. The van der Waals surface area contributed by atoms with Gasteiger partial charge in [0.05, 0.1) is 24.5 Å². The first kappa shape index (κ1) is 37.3. The number of rotatable bonds is 8. The van der Waals surface area contributed by atoms with Crippen LogP contribution in [0.1, 0.15) is 65.7 Å². The topological polar surface area (TPSA) is 203 Å². The number of amides is 4. The number of sulfonamides is 1. The fourth-order valence-corrected chi connectivity index (χ4v) is 8.27.